The first-order chi connectivity index (χ1) is 11.4. The molecular formula is C19H27NO4. The molecule has 1 saturated carbocycles. The zero-order chi connectivity index (χ0) is 17.2. The molecule has 1 aliphatic heterocycles. The standard InChI is InChI=1S/C19H27NO4/c1-19(2,3)24-18(21)20-16-12-15(16)13-7-9-14(10-8-13)23-17-6-4-5-11-22-17/h7-10,15-17H,4-6,11-12H2,1-3H3,(H,20,21)/t15-,16+,17?/m1/s1. The Kier molecular flexibility index (Phi) is 4.99. The van der Waals surface area contributed by atoms with Gasteiger partial charge < -0.3 is 19.5 Å². The molecule has 1 aromatic carbocycles. The normalized spacial score (nSPS) is 26.5. The highest BCUT2D eigenvalue weighted by atomic mass is 16.7. The Hall–Kier alpha value is -1.75. The highest BCUT2D eigenvalue weighted by Crippen LogP contribution is 2.41. The van der Waals surface area contributed by atoms with Gasteiger partial charge in [-0.1, -0.05) is 12.1 Å². The maximum absolute atomic E-state index is 11.8. The van der Waals surface area contributed by atoms with Crippen molar-refractivity contribution in [2.24, 2.45) is 0 Å². The molecule has 5 nitrogen and oxygen atoms in total. The highest BCUT2D eigenvalue weighted by molar-refractivity contribution is 5.69. The Morgan fingerprint density at radius 2 is 1.96 bits per heavy atom. The summed E-state index contributed by atoms with van der Waals surface area (Å²) in [5.41, 5.74) is 0.752. The van der Waals surface area contributed by atoms with Crippen LogP contribution < -0.4 is 10.1 Å². The molecule has 1 aromatic rings. The molecule has 1 unspecified atom stereocenters. The second-order valence-corrected chi connectivity index (χ2v) is 7.58. The summed E-state index contributed by atoms with van der Waals surface area (Å²) in [6.45, 7) is 6.38. The van der Waals surface area contributed by atoms with Crippen LogP contribution in [-0.2, 0) is 9.47 Å². The molecule has 132 valence electrons. The van der Waals surface area contributed by atoms with E-state index in [1.807, 2.05) is 32.9 Å². The zero-order valence-electron chi connectivity index (χ0n) is 14.7. The molecule has 5 heteroatoms. The number of alkyl carbamates (subject to hydrolysis) is 1. The lowest BCUT2D eigenvalue weighted by Gasteiger charge is -2.23. The van der Waals surface area contributed by atoms with Gasteiger partial charge in [0.1, 0.15) is 11.4 Å². The summed E-state index contributed by atoms with van der Waals surface area (Å²) < 4.78 is 16.7. The smallest absolute Gasteiger partial charge is 0.407 e. The molecule has 0 bridgehead atoms. The lowest BCUT2D eigenvalue weighted by atomic mass is 10.1. The van der Waals surface area contributed by atoms with Crippen LogP contribution in [0.15, 0.2) is 24.3 Å². The van der Waals surface area contributed by atoms with E-state index in [4.69, 9.17) is 14.2 Å². The van der Waals surface area contributed by atoms with Crippen LogP contribution in [0.1, 0.15) is 57.9 Å². The number of nitrogens with one attached hydrogen (secondary N) is 1. The van der Waals surface area contributed by atoms with Gasteiger partial charge in [-0.15, -0.1) is 0 Å². The minimum Gasteiger partial charge on any atom is -0.465 e. The van der Waals surface area contributed by atoms with Crippen LogP contribution in [0.4, 0.5) is 4.79 Å². The molecule has 2 aliphatic rings. The molecule has 0 aromatic heterocycles. The number of benzene rings is 1. The van der Waals surface area contributed by atoms with Crippen LogP contribution in [0.3, 0.4) is 0 Å². The van der Waals surface area contributed by atoms with Gasteiger partial charge >= 0.3 is 6.09 Å². The molecule has 0 radical (unpaired) electrons. The van der Waals surface area contributed by atoms with Crippen LogP contribution in [0.2, 0.25) is 0 Å². The first-order valence-electron chi connectivity index (χ1n) is 8.78. The second kappa shape index (κ2) is 7.01. The van der Waals surface area contributed by atoms with Crippen LogP contribution >= 0.6 is 0 Å². The van der Waals surface area contributed by atoms with Crippen molar-refractivity contribution in [2.75, 3.05) is 6.61 Å². The monoisotopic (exact) mass is 333 g/mol. The first kappa shape index (κ1) is 17.1. The molecule has 1 heterocycles. The van der Waals surface area contributed by atoms with E-state index in [1.165, 1.54) is 5.56 Å². The van der Waals surface area contributed by atoms with E-state index in [0.717, 1.165) is 38.0 Å². The first-order valence-corrected chi connectivity index (χ1v) is 8.78. The fourth-order valence-corrected chi connectivity index (χ4v) is 2.93. The van der Waals surface area contributed by atoms with Gasteiger partial charge in [0.25, 0.3) is 0 Å². The molecule has 2 fully saturated rings. The lowest BCUT2D eigenvalue weighted by Crippen LogP contribution is -2.34. The maximum atomic E-state index is 11.8. The minimum absolute atomic E-state index is 0.118. The Balaban J connectivity index is 1.47. The van der Waals surface area contributed by atoms with E-state index >= 15 is 0 Å². The average Bonchev–Trinajstić information content (AvgIpc) is 3.26. The summed E-state index contributed by atoms with van der Waals surface area (Å²) in [7, 11) is 0. The quantitative estimate of drug-likeness (QED) is 0.906. The summed E-state index contributed by atoms with van der Waals surface area (Å²) in [6.07, 6.45) is 3.71. The molecule has 1 amide bonds. The van der Waals surface area contributed by atoms with Crippen LogP contribution in [0.5, 0.6) is 5.75 Å². The fraction of sp³-hybridized carbons (Fsp3) is 0.632. The Morgan fingerprint density at radius 1 is 1.21 bits per heavy atom. The number of hydrogen-bond acceptors (Lipinski definition) is 4. The molecular weight excluding hydrogens is 306 g/mol. The Morgan fingerprint density at radius 3 is 2.58 bits per heavy atom. The van der Waals surface area contributed by atoms with E-state index in [-0.39, 0.29) is 18.4 Å². The summed E-state index contributed by atoms with van der Waals surface area (Å²) in [6, 6.07) is 8.26. The zero-order valence-corrected chi connectivity index (χ0v) is 14.7. The van der Waals surface area contributed by atoms with Crippen molar-refractivity contribution in [1.29, 1.82) is 0 Å². The number of amides is 1. The van der Waals surface area contributed by atoms with Gasteiger partial charge in [0, 0.05) is 18.4 Å². The number of ether oxygens (including phenoxy) is 3. The summed E-state index contributed by atoms with van der Waals surface area (Å²) in [5, 5.41) is 2.93. The van der Waals surface area contributed by atoms with Gasteiger partial charge in [-0.25, -0.2) is 4.79 Å². The van der Waals surface area contributed by atoms with Gasteiger partial charge in [0.05, 0.1) is 6.61 Å². The summed E-state index contributed by atoms with van der Waals surface area (Å²) in [5.74, 6) is 1.19. The average molecular weight is 333 g/mol. The van der Waals surface area contributed by atoms with Crippen molar-refractivity contribution in [2.45, 2.75) is 70.3 Å². The van der Waals surface area contributed by atoms with Crippen molar-refractivity contribution in [3.05, 3.63) is 29.8 Å². The minimum atomic E-state index is -0.464. The SMILES string of the molecule is CC(C)(C)OC(=O)N[C@H]1C[C@@H]1c1ccc(OC2CCCCO2)cc1. The molecule has 1 saturated heterocycles. The largest absolute Gasteiger partial charge is 0.465 e. The number of hydrogen-bond donors (Lipinski definition) is 1. The summed E-state index contributed by atoms with van der Waals surface area (Å²) in [4.78, 5) is 11.8. The van der Waals surface area contributed by atoms with E-state index in [2.05, 4.69) is 17.4 Å². The van der Waals surface area contributed by atoms with Gasteiger partial charge in [-0.3, -0.25) is 0 Å². The number of rotatable bonds is 4. The second-order valence-electron chi connectivity index (χ2n) is 7.58. The molecule has 1 N–H and O–H groups in total. The van der Waals surface area contributed by atoms with Crippen LogP contribution in [0, 0.1) is 0 Å². The lowest BCUT2D eigenvalue weighted by molar-refractivity contribution is -0.105. The van der Waals surface area contributed by atoms with E-state index in [9.17, 15) is 4.79 Å². The van der Waals surface area contributed by atoms with Gasteiger partial charge in [0.15, 0.2) is 6.29 Å². The molecule has 3 rings (SSSR count). The fourth-order valence-electron chi connectivity index (χ4n) is 2.93. The Bertz CT molecular complexity index is 558. The van der Waals surface area contributed by atoms with E-state index in [1.54, 1.807) is 0 Å². The maximum Gasteiger partial charge on any atom is 0.407 e. The van der Waals surface area contributed by atoms with E-state index < -0.39 is 5.60 Å². The van der Waals surface area contributed by atoms with Gasteiger partial charge in [-0.2, -0.15) is 0 Å². The third-order valence-electron chi connectivity index (χ3n) is 4.21. The predicted octanol–water partition coefficient (Wildman–Crippen LogP) is 3.97. The van der Waals surface area contributed by atoms with Crippen molar-refractivity contribution < 1.29 is 19.0 Å². The number of carbonyl (C=O) groups is 1. The topological polar surface area (TPSA) is 56.8 Å². The number of carbonyl (C=O) groups excluding carboxylic acids is 1. The third kappa shape index (κ3) is 4.87. The summed E-state index contributed by atoms with van der Waals surface area (Å²) >= 11 is 0. The molecule has 24 heavy (non-hydrogen) atoms. The van der Waals surface area contributed by atoms with Crippen molar-refractivity contribution in [1.82, 2.24) is 5.32 Å². The highest BCUT2D eigenvalue weighted by Gasteiger charge is 2.40. The van der Waals surface area contributed by atoms with Crippen molar-refractivity contribution >= 4 is 6.09 Å². The van der Waals surface area contributed by atoms with Crippen molar-refractivity contribution in [3.63, 3.8) is 0 Å². The van der Waals surface area contributed by atoms with Crippen LogP contribution in [0.25, 0.3) is 0 Å². The van der Waals surface area contributed by atoms with Crippen LogP contribution in [-0.4, -0.2) is 30.6 Å². The molecule has 0 spiro atoms. The third-order valence-corrected chi connectivity index (χ3v) is 4.21. The van der Waals surface area contributed by atoms with Gasteiger partial charge in [0.2, 0.25) is 0 Å². The Labute approximate surface area is 143 Å². The molecule has 3 atom stereocenters. The van der Waals surface area contributed by atoms with E-state index in [0.29, 0.717) is 5.92 Å². The molecule has 1 aliphatic carbocycles. The van der Waals surface area contributed by atoms with Crippen molar-refractivity contribution in [3.8, 4) is 5.75 Å². The van der Waals surface area contributed by atoms with Gasteiger partial charge in [-0.05, 0) is 57.7 Å². The predicted molar refractivity (Wildman–Crippen MR) is 91.2 cm³/mol.